The van der Waals surface area contributed by atoms with Gasteiger partial charge in [0, 0.05) is 25.2 Å². The summed E-state index contributed by atoms with van der Waals surface area (Å²) in [5.41, 5.74) is 10.0. The van der Waals surface area contributed by atoms with Crippen LogP contribution in [-0.2, 0) is 19.1 Å². The summed E-state index contributed by atoms with van der Waals surface area (Å²) in [7, 11) is 0. The zero-order chi connectivity index (χ0) is 14.8. The summed E-state index contributed by atoms with van der Waals surface area (Å²) in [6, 6.07) is 0. The largest absolute Gasteiger partial charge is 0.461 e. The third-order valence-corrected chi connectivity index (χ3v) is 1.06. The molecule has 0 aliphatic rings. The maximum absolute atomic E-state index is 10.2. The number of nitrogens with two attached hydrogens (primary N) is 2. The van der Waals surface area contributed by atoms with Gasteiger partial charge in [-0.25, -0.2) is 9.59 Å². The molecule has 0 saturated carbocycles. The molecular formula is C10H22Cl2N2O4S2. The van der Waals surface area contributed by atoms with Gasteiger partial charge in [-0.3, -0.25) is 0 Å². The molecule has 0 aliphatic heterocycles. The first-order valence-corrected chi connectivity index (χ1v) is 6.40. The van der Waals surface area contributed by atoms with Crippen molar-refractivity contribution in [2.45, 2.75) is 0 Å². The van der Waals surface area contributed by atoms with Crippen LogP contribution in [0.25, 0.3) is 0 Å². The van der Waals surface area contributed by atoms with Crippen LogP contribution in [0.4, 0.5) is 0 Å². The number of hydrogen-bond acceptors (Lipinski definition) is 8. The number of ether oxygens (including phenoxy) is 2. The van der Waals surface area contributed by atoms with Crippen molar-refractivity contribution in [1.29, 1.82) is 0 Å². The highest BCUT2D eigenvalue weighted by molar-refractivity contribution is 8.59. The van der Waals surface area contributed by atoms with E-state index < -0.39 is 11.9 Å². The van der Waals surface area contributed by atoms with Gasteiger partial charge in [-0.2, -0.15) is 0 Å². The van der Waals surface area contributed by atoms with E-state index in [1.807, 2.05) is 0 Å². The van der Waals surface area contributed by atoms with Gasteiger partial charge in [0.25, 0.3) is 0 Å². The molecule has 0 radical (unpaired) electrons. The fourth-order valence-electron chi connectivity index (χ4n) is 0.437. The predicted octanol–water partition coefficient (Wildman–Crippen LogP) is 0.953. The third-order valence-electron chi connectivity index (χ3n) is 1.06. The minimum Gasteiger partial charge on any atom is -0.461 e. The van der Waals surface area contributed by atoms with Crippen molar-refractivity contribution in [3.05, 3.63) is 25.3 Å². The standard InChI is InChI=1S/2C5H9NO2.2ClH.H2S2/c2*1-2-5(7)8-4-3-6;;;1-2/h2*2H,1,3-4,6H2;2*1H;1-2H. The number of halogens is 2. The van der Waals surface area contributed by atoms with Crippen molar-refractivity contribution in [1.82, 2.24) is 0 Å². The first kappa shape index (κ1) is 31.8. The normalized spacial score (nSPS) is 6.80. The van der Waals surface area contributed by atoms with E-state index in [0.29, 0.717) is 13.1 Å². The van der Waals surface area contributed by atoms with Crippen molar-refractivity contribution in [3.8, 4) is 0 Å². The molecule has 122 valence electrons. The minimum atomic E-state index is -0.421. The zero-order valence-electron chi connectivity index (χ0n) is 10.9. The molecule has 0 bridgehead atoms. The SMILES string of the molecule is C=CC(=O)OCCN.C=CC(=O)OCCN.Cl.Cl.SS. The summed E-state index contributed by atoms with van der Waals surface area (Å²) in [4.78, 5) is 20.3. The summed E-state index contributed by atoms with van der Waals surface area (Å²) in [6.07, 6.45) is 2.21. The van der Waals surface area contributed by atoms with Crippen LogP contribution in [-0.4, -0.2) is 38.2 Å². The van der Waals surface area contributed by atoms with Crippen LogP contribution in [0.5, 0.6) is 0 Å². The van der Waals surface area contributed by atoms with Gasteiger partial charge in [0.1, 0.15) is 13.2 Å². The highest BCUT2D eigenvalue weighted by Gasteiger charge is 1.90. The Kier molecular flexibility index (Phi) is 49.6. The highest BCUT2D eigenvalue weighted by Crippen LogP contribution is 1.75. The molecule has 6 nitrogen and oxygen atoms in total. The Balaban J connectivity index is -0.0000000611. The first-order chi connectivity index (χ1) is 8.62. The van der Waals surface area contributed by atoms with E-state index in [1.54, 1.807) is 0 Å². The van der Waals surface area contributed by atoms with Crippen LogP contribution >= 0.6 is 48.1 Å². The number of carbonyl (C=O) groups is 2. The first-order valence-electron chi connectivity index (χ1n) is 4.80. The second kappa shape index (κ2) is 31.2. The van der Waals surface area contributed by atoms with E-state index in [9.17, 15) is 9.59 Å². The molecule has 0 atom stereocenters. The van der Waals surface area contributed by atoms with Crippen molar-refractivity contribution in [3.63, 3.8) is 0 Å². The maximum atomic E-state index is 10.2. The minimum absolute atomic E-state index is 0. The molecule has 0 aromatic heterocycles. The molecule has 0 spiro atoms. The fourth-order valence-corrected chi connectivity index (χ4v) is 0.437. The summed E-state index contributed by atoms with van der Waals surface area (Å²) in [5, 5.41) is 0. The van der Waals surface area contributed by atoms with Crippen molar-refractivity contribution in [2.75, 3.05) is 26.3 Å². The summed E-state index contributed by atoms with van der Waals surface area (Å²) >= 11 is 6.44. The number of carbonyl (C=O) groups excluding carboxylic acids is 2. The number of rotatable bonds is 6. The summed E-state index contributed by atoms with van der Waals surface area (Å²) in [6.45, 7) is 7.66. The van der Waals surface area contributed by atoms with Gasteiger partial charge >= 0.3 is 11.9 Å². The molecule has 10 heteroatoms. The van der Waals surface area contributed by atoms with Gasteiger partial charge in [-0.05, 0) is 0 Å². The Labute approximate surface area is 142 Å². The molecule has 0 aliphatic carbocycles. The van der Waals surface area contributed by atoms with Gasteiger partial charge < -0.3 is 20.9 Å². The smallest absolute Gasteiger partial charge is 0.330 e. The lowest BCUT2D eigenvalue weighted by Crippen LogP contribution is -2.11. The molecule has 20 heavy (non-hydrogen) atoms. The topological polar surface area (TPSA) is 105 Å². The van der Waals surface area contributed by atoms with E-state index >= 15 is 0 Å². The summed E-state index contributed by atoms with van der Waals surface area (Å²) < 4.78 is 8.92. The van der Waals surface area contributed by atoms with Crippen molar-refractivity contribution in [2.24, 2.45) is 11.5 Å². The quantitative estimate of drug-likeness (QED) is 0.241. The monoisotopic (exact) mass is 368 g/mol. The van der Waals surface area contributed by atoms with Crippen LogP contribution in [0.2, 0.25) is 0 Å². The highest BCUT2D eigenvalue weighted by atomic mass is 35.5. The average molecular weight is 369 g/mol. The van der Waals surface area contributed by atoms with Crippen LogP contribution in [0.15, 0.2) is 25.3 Å². The van der Waals surface area contributed by atoms with Gasteiger partial charge in [0.15, 0.2) is 0 Å². The Bertz CT molecular complexity index is 223. The molecule has 0 saturated heterocycles. The molecule has 0 amide bonds. The Morgan fingerprint density at radius 2 is 1.15 bits per heavy atom. The van der Waals surface area contributed by atoms with Gasteiger partial charge in [-0.15, -0.1) is 48.1 Å². The van der Waals surface area contributed by atoms with Crippen LogP contribution in [0, 0.1) is 0 Å². The molecule has 0 aromatic rings. The molecular weight excluding hydrogens is 347 g/mol. The van der Waals surface area contributed by atoms with Crippen LogP contribution in [0.3, 0.4) is 0 Å². The van der Waals surface area contributed by atoms with E-state index in [0.717, 1.165) is 12.2 Å². The molecule has 0 rings (SSSR count). The molecule has 4 N–H and O–H groups in total. The number of hydrogen-bond donors (Lipinski definition) is 4. The van der Waals surface area contributed by atoms with E-state index in [-0.39, 0.29) is 38.0 Å². The average Bonchev–Trinajstić information content (AvgIpc) is 2.44. The second-order valence-corrected chi connectivity index (χ2v) is 2.32. The number of esters is 2. The maximum Gasteiger partial charge on any atom is 0.330 e. The Morgan fingerprint density at radius 1 is 0.900 bits per heavy atom. The molecule has 0 unspecified atom stereocenters. The third kappa shape index (κ3) is 36.0. The van der Waals surface area contributed by atoms with Crippen molar-refractivity contribution < 1.29 is 19.1 Å². The zero-order valence-corrected chi connectivity index (χ0v) is 14.3. The molecule has 0 heterocycles. The van der Waals surface area contributed by atoms with Gasteiger partial charge in [0.2, 0.25) is 0 Å². The van der Waals surface area contributed by atoms with E-state index in [4.69, 9.17) is 11.5 Å². The molecule has 0 aromatic carbocycles. The lowest BCUT2D eigenvalue weighted by molar-refractivity contribution is -0.138. The van der Waals surface area contributed by atoms with Gasteiger partial charge in [-0.1, -0.05) is 13.2 Å². The van der Waals surface area contributed by atoms with E-state index in [1.165, 1.54) is 0 Å². The summed E-state index contributed by atoms with van der Waals surface area (Å²) in [5.74, 6) is -0.842. The fraction of sp³-hybridized carbons (Fsp3) is 0.400. The lowest BCUT2D eigenvalue weighted by atomic mass is 10.6. The Morgan fingerprint density at radius 3 is 1.30 bits per heavy atom. The predicted molar refractivity (Wildman–Crippen MR) is 92.9 cm³/mol. The lowest BCUT2D eigenvalue weighted by Gasteiger charge is -1.94. The van der Waals surface area contributed by atoms with Crippen molar-refractivity contribution >= 4 is 60.1 Å². The van der Waals surface area contributed by atoms with Crippen LogP contribution < -0.4 is 11.5 Å². The molecule has 0 fully saturated rings. The Hall–Kier alpha value is -0.380. The van der Waals surface area contributed by atoms with Crippen LogP contribution in [0.1, 0.15) is 0 Å². The van der Waals surface area contributed by atoms with E-state index in [2.05, 4.69) is 46.0 Å². The van der Waals surface area contributed by atoms with Gasteiger partial charge in [0.05, 0.1) is 0 Å². The second-order valence-electron chi connectivity index (χ2n) is 2.32. The number of thiol groups is 2.